The van der Waals surface area contributed by atoms with Gasteiger partial charge in [-0.25, -0.2) is 0 Å². The molecule has 0 radical (unpaired) electrons. The van der Waals surface area contributed by atoms with Crippen molar-refractivity contribution in [2.24, 2.45) is 5.41 Å². The van der Waals surface area contributed by atoms with Crippen LogP contribution in [0.4, 0.5) is 0 Å². The summed E-state index contributed by atoms with van der Waals surface area (Å²) >= 11 is 0. The Bertz CT molecular complexity index is 102. The van der Waals surface area contributed by atoms with Crippen molar-refractivity contribution < 1.29 is 5.11 Å². The van der Waals surface area contributed by atoms with Crippen LogP contribution in [-0.4, -0.2) is 17.4 Å². The molecular weight excluding hydrogens is 126 g/mol. The SMILES string of the molecule is CCNC(C)(O)C(C)(C)C. The molecule has 10 heavy (non-hydrogen) atoms. The van der Waals surface area contributed by atoms with Gasteiger partial charge in [-0.05, 0) is 13.5 Å². The number of aliphatic hydroxyl groups is 1. The Morgan fingerprint density at radius 2 is 1.60 bits per heavy atom. The van der Waals surface area contributed by atoms with E-state index in [1.807, 2.05) is 27.7 Å². The Morgan fingerprint density at radius 3 is 1.70 bits per heavy atom. The number of nitrogens with one attached hydrogen (secondary N) is 1. The average Bonchev–Trinajstić information content (AvgIpc) is 1.61. The second-order valence-corrected chi connectivity index (χ2v) is 3.85. The summed E-state index contributed by atoms with van der Waals surface area (Å²) in [7, 11) is 0. The molecule has 2 heteroatoms. The normalized spacial score (nSPS) is 18.6. The van der Waals surface area contributed by atoms with Crippen molar-refractivity contribution in [3.8, 4) is 0 Å². The van der Waals surface area contributed by atoms with E-state index in [0.29, 0.717) is 0 Å². The lowest BCUT2D eigenvalue weighted by molar-refractivity contribution is -0.0689. The van der Waals surface area contributed by atoms with E-state index in [1.165, 1.54) is 0 Å². The fourth-order valence-electron chi connectivity index (χ4n) is 0.609. The smallest absolute Gasteiger partial charge is 0.118 e. The lowest BCUT2D eigenvalue weighted by Crippen LogP contribution is -2.52. The van der Waals surface area contributed by atoms with E-state index in [-0.39, 0.29) is 5.41 Å². The standard InChI is InChI=1S/C8H19NO/c1-6-9-8(5,10)7(2,3)4/h9-10H,6H2,1-5H3. The highest BCUT2D eigenvalue weighted by atomic mass is 16.3. The van der Waals surface area contributed by atoms with E-state index in [4.69, 9.17) is 0 Å². The lowest BCUT2D eigenvalue weighted by Gasteiger charge is -2.37. The first-order valence-corrected chi connectivity index (χ1v) is 3.78. The number of rotatable bonds is 2. The molecule has 0 aliphatic rings. The monoisotopic (exact) mass is 145 g/mol. The molecule has 0 heterocycles. The van der Waals surface area contributed by atoms with Crippen LogP contribution in [0.5, 0.6) is 0 Å². The predicted octanol–water partition coefficient (Wildman–Crippen LogP) is 1.35. The molecule has 0 fully saturated rings. The molecule has 0 aliphatic heterocycles. The summed E-state index contributed by atoms with van der Waals surface area (Å²) in [5.74, 6) is 0. The van der Waals surface area contributed by atoms with Crippen LogP contribution in [0.3, 0.4) is 0 Å². The third kappa shape index (κ3) is 2.27. The van der Waals surface area contributed by atoms with E-state index < -0.39 is 5.72 Å². The zero-order chi connectivity index (χ0) is 8.41. The molecule has 2 N–H and O–H groups in total. The summed E-state index contributed by atoms with van der Waals surface area (Å²) in [6.07, 6.45) is 0. The molecule has 1 unspecified atom stereocenters. The molecule has 0 aromatic heterocycles. The van der Waals surface area contributed by atoms with Gasteiger partial charge in [-0.3, -0.25) is 5.32 Å². The van der Waals surface area contributed by atoms with Gasteiger partial charge < -0.3 is 5.11 Å². The minimum Gasteiger partial charge on any atom is -0.376 e. The average molecular weight is 145 g/mol. The minimum absolute atomic E-state index is 0.108. The molecule has 0 spiro atoms. The third-order valence-corrected chi connectivity index (χ3v) is 1.98. The van der Waals surface area contributed by atoms with Gasteiger partial charge in [-0.1, -0.05) is 27.7 Å². The summed E-state index contributed by atoms with van der Waals surface area (Å²) in [4.78, 5) is 0. The first-order chi connectivity index (χ1) is 4.31. The summed E-state index contributed by atoms with van der Waals surface area (Å²) < 4.78 is 0. The van der Waals surface area contributed by atoms with E-state index in [1.54, 1.807) is 6.92 Å². The van der Waals surface area contributed by atoms with E-state index in [9.17, 15) is 5.11 Å². The summed E-state index contributed by atoms with van der Waals surface area (Å²) in [5, 5.41) is 12.8. The largest absolute Gasteiger partial charge is 0.376 e. The highest BCUT2D eigenvalue weighted by Gasteiger charge is 2.33. The van der Waals surface area contributed by atoms with Crippen molar-refractivity contribution in [1.82, 2.24) is 5.32 Å². The Hall–Kier alpha value is -0.0800. The van der Waals surface area contributed by atoms with Crippen molar-refractivity contribution in [3.05, 3.63) is 0 Å². The van der Waals surface area contributed by atoms with Gasteiger partial charge in [0.05, 0.1) is 0 Å². The van der Waals surface area contributed by atoms with Gasteiger partial charge in [0.1, 0.15) is 5.72 Å². The molecule has 1 atom stereocenters. The minimum atomic E-state index is -0.762. The maximum Gasteiger partial charge on any atom is 0.118 e. The van der Waals surface area contributed by atoms with Crippen LogP contribution in [0.1, 0.15) is 34.6 Å². The van der Waals surface area contributed by atoms with Gasteiger partial charge in [0.25, 0.3) is 0 Å². The Kier molecular flexibility index (Phi) is 2.86. The maximum absolute atomic E-state index is 9.74. The van der Waals surface area contributed by atoms with Gasteiger partial charge in [0, 0.05) is 5.41 Å². The van der Waals surface area contributed by atoms with Crippen molar-refractivity contribution in [1.29, 1.82) is 0 Å². The van der Waals surface area contributed by atoms with Crippen LogP contribution in [0.15, 0.2) is 0 Å². The second-order valence-electron chi connectivity index (χ2n) is 3.85. The van der Waals surface area contributed by atoms with Crippen LogP contribution in [0, 0.1) is 5.41 Å². The Labute approximate surface area is 63.6 Å². The Balaban J connectivity index is 4.10. The third-order valence-electron chi connectivity index (χ3n) is 1.98. The van der Waals surface area contributed by atoms with Gasteiger partial charge in [-0.15, -0.1) is 0 Å². The van der Waals surface area contributed by atoms with Crippen LogP contribution >= 0.6 is 0 Å². The first kappa shape index (κ1) is 9.92. The van der Waals surface area contributed by atoms with E-state index >= 15 is 0 Å². The molecule has 0 saturated heterocycles. The van der Waals surface area contributed by atoms with Gasteiger partial charge in [0.2, 0.25) is 0 Å². The van der Waals surface area contributed by atoms with Crippen LogP contribution in [0.25, 0.3) is 0 Å². The van der Waals surface area contributed by atoms with Gasteiger partial charge in [0.15, 0.2) is 0 Å². The van der Waals surface area contributed by atoms with Crippen LogP contribution in [-0.2, 0) is 0 Å². The fourth-order valence-corrected chi connectivity index (χ4v) is 0.609. The molecule has 2 nitrogen and oxygen atoms in total. The summed E-state index contributed by atoms with van der Waals surface area (Å²) in [6, 6.07) is 0. The molecule has 62 valence electrons. The first-order valence-electron chi connectivity index (χ1n) is 3.78. The van der Waals surface area contributed by atoms with Crippen molar-refractivity contribution in [2.45, 2.75) is 40.3 Å². The van der Waals surface area contributed by atoms with Crippen LogP contribution in [0.2, 0.25) is 0 Å². The van der Waals surface area contributed by atoms with Gasteiger partial charge in [-0.2, -0.15) is 0 Å². The molecule has 0 aliphatic carbocycles. The lowest BCUT2D eigenvalue weighted by atomic mass is 9.84. The van der Waals surface area contributed by atoms with Crippen LogP contribution < -0.4 is 5.32 Å². The molecule has 0 amide bonds. The van der Waals surface area contributed by atoms with E-state index in [0.717, 1.165) is 6.54 Å². The van der Waals surface area contributed by atoms with E-state index in [2.05, 4.69) is 5.32 Å². The number of hydrogen-bond acceptors (Lipinski definition) is 2. The van der Waals surface area contributed by atoms with Crippen molar-refractivity contribution in [2.75, 3.05) is 6.54 Å². The van der Waals surface area contributed by atoms with Gasteiger partial charge >= 0.3 is 0 Å². The molecule has 0 saturated carbocycles. The second kappa shape index (κ2) is 2.89. The van der Waals surface area contributed by atoms with Crippen molar-refractivity contribution >= 4 is 0 Å². The highest BCUT2D eigenvalue weighted by molar-refractivity contribution is 4.82. The summed E-state index contributed by atoms with van der Waals surface area (Å²) in [6.45, 7) is 10.6. The molecule has 0 bridgehead atoms. The molecular formula is C8H19NO. The van der Waals surface area contributed by atoms with Crippen molar-refractivity contribution in [3.63, 3.8) is 0 Å². The zero-order valence-corrected chi connectivity index (χ0v) is 7.65. The maximum atomic E-state index is 9.74. The zero-order valence-electron chi connectivity index (χ0n) is 7.65. The topological polar surface area (TPSA) is 32.3 Å². The number of hydrogen-bond donors (Lipinski definition) is 2. The molecule has 0 rings (SSSR count). The predicted molar refractivity (Wildman–Crippen MR) is 43.8 cm³/mol. The quantitative estimate of drug-likeness (QED) is 0.575. The molecule has 0 aromatic carbocycles. The Morgan fingerprint density at radius 1 is 1.20 bits per heavy atom. The molecule has 0 aromatic rings. The highest BCUT2D eigenvalue weighted by Crippen LogP contribution is 2.26. The fraction of sp³-hybridized carbons (Fsp3) is 1.00. The summed E-state index contributed by atoms with van der Waals surface area (Å²) in [5.41, 5.74) is -0.870.